The maximum absolute atomic E-state index is 5.25. The van der Waals surface area contributed by atoms with E-state index in [9.17, 15) is 0 Å². The number of terminal acetylenes is 1. The summed E-state index contributed by atoms with van der Waals surface area (Å²) in [7, 11) is 0. The highest BCUT2D eigenvalue weighted by molar-refractivity contribution is 4.88. The van der Waals surface area contributed by atoms with Crippen LogP contribution in [-0.2, 0) is 0 Å². The SMILES string of the molecule is C#CCC(C)C1CCCC1. The molecule has 0 saturated heterocycles. The van der Waals surface area contributed by atoms with E-state index < -0.39 is 0 Å². The molecule has 0 N–H and O–H groups in total. The second kappa shape index (κ2) is 3.66. The van der Waals surface area contributed by atoms with Gasteiger partial charge in [-0.15, -0.1) is 12.3 Å². The molecule has 1 atom stereocenters. The Kier molecular flexibility index (Phi) is 2.81. The molecule has 1 fully saturated rings. The average molecular weight is 136 g/mol. The van der Waals surface area contributed by atoms with Gasteiger partial charge in [0.1, 0.15) is 0 Å². The van der Waals surface area contributed by atoms with Gasteiger partial charge in [-0.2, -0.15) is 0 Å². The molecule has 56 valence electrons. The Morgan fingerprint density at radius 2 is 2.10 bits per heavy atom. The predicted octanol–water partition coefficient (Wildman–Crippen LogP) is 2.84. The van der Waals surface area contributed by atoms with Crippen molar-refractivity contribution in [2.45, 2.75) is 39.0 Å². The van der Waals surface area contributed by atoms with Crippen molar-refractivity contribution in [2.24, 2.45) is 11.8 Å². The standard InChI is InChI=1S/C10H16/c1-3-6-9(2)10-7-4-5-8-10/h1,9-10H,4-8H2,2H3. The van der Waals surface area contributed by atoms with Gasteiger partial charge in [-0.05, 0) is 11.8 Å². The number of hydrogen-bond acceptors (Lipinski definition) is 0. The molecule has 0 aromatic carbocycles. The van der Waals surface area contributed by atoms with E-state index in [0.717, 1.165) is 18.3 Å². The van der Waals surface area contributed by atoms with Crippen LogP contribution in [0.5, 0.6) is 0 Å². The molecule has 0 heterocycles. The van der Waals surface area contributed by atoms with E-state index in [2.05, 4.69) is 12.8 Å². The van der Waals surface area contributed by atoms with Crippen molar-refractivity contribution >= 4 is 0 Å². The molecular weight excluding hydrogens is 120 g/mol. The van der Waals surface area contributed by atoms with Crippen LogP contribution in [0.4, 0.5) is 0 Å². The molecule has 10 heavy (non-hydrogen) atoms. The second-order valence-electron chi connectivity index (χ2n) is 3.43. The van der Waals surface area contributed by atoms with Gasteiger partial charge in [0.25, 0.3) is 0 Å². The molecule has 0 radical (unpaired) electrons. The lowest BCUT2D eigenvalue weighted by Crippen LogP contribution is -2.05. The normalized spacial score (nSPS) is 22.4. The molecule has 1 saturated carbocycles. The molecule has 0 heteroatoms. The fraction of sp³-hybridized carbons (Fsp3) is 0.800. The van der Waals surface area contributed by atoms with E-state index >= 15 is 0 Å². The van der Waals surface area contributed by atoms with Crippen LogP contribution in [-0.4, -0.2) is 0 Å². The molecule has 0 aromatic rings. The van der Waals surface area contributed by atoms with Crippen LogP contribution in [0.25, 0.3) is 0 Å². The topological polar surface area (TPSA) is 0 Å². The van der Waals surface area contributed by atoms with Gasteiger partial charge in [0.2, 0.25) is 0 Å². The van der Waals surface area contributed by atoms with Gasteiger partial charge in [0, 0.05) is 6.42 Å². The first-order chi connectivity index (χ1) is 4.84. The van der Waals surface area contributed by atoms with Crippen molar-refractivity contribution in [1.82, 2.24) is 0 Å². The predicted molar refractivity (Wildman–Crippen MR) is 44.6 cm³/mol. The van der Waals surface area contributed by atoms with Crippen LogP contribution >= 0.6 is 0 Å². The molecule has 0 bridgehead atoms. The summed E-state index contributed by atoms with van der Waals surface area (Å²) < 4.78 is 0. The Labute approximate surface area is 64.0 Å². The van der Waals surface area contributed by atoms with Gasteiger partial charge in [-0.1, -0.05) is 32.6 Å². The fourth-order valence-corrected chi connectivity index (χ4v) is 1.88. The summed E-state index contributed by atoms with van der Waals surface area (Å²) in [5.74, 6) is 4.46. The highest BCUT2D eigenvalue weighted by Crippen LogP contribution is 2.32. The quantitative estimate of drug-likeness (QED) is 0.512. The molecular formula is C10H16. The Morgan fingerprint density at radius 3 is 2.60 bits per heavy atom. The summed E-state index contributed by atoms with van der Waals surface area (Å²) in [4.78, 5) is 0. The molecule has 1 unspecified atom stereocenters. The minimum atomic E-state index is 0.771. The first-order valence-electron chi connectivity index (χ1n) is 4.28. The molecule has 0 aliphatic heterocycles. The second-order valence-corrected chi connectivity index (χ2v) is 3.43. The maximum atomic E-state index is 5.25. The van der Waals surface area contributed by atoms with Crippen LogP contribution in [0.1, 0.15) is 39.0 Å². The largest absolute Gasteiger partial charge is 0.120 e. The molecule has 1 aliphatic carbocycles. The van der Waals surface area contributed by atoms with Crippen LogP contribution in [0.3, 0.4) is 0 Å². The summed E-state index contributed by atoms with van der Waals surface area (Å²) in [6.07, 6.45) is 11.9. The minimum absolute atomic E-state index is 0.771. The Balaban J connectivity index is 2.26. The molecule has 0 aromatic heterocycles. The van der Waals surface area contributed by atoms with E-state index in [0.29, 0.717) is 0 Å². The van der Waals surface area contributed by atoms with E-state index in [1.54, 1.807) is 0 Å². The first kappa shape index (κ1) is 7.66. The molecule has 1 rings (SSSR count). The van der Waals surface area contributed by atoms with Crippen molar-refractivity contribution in [3.63, 3.8) is 0 Å². The third kappa shape index (κ3) is 1.77. The minimum Gasteiger partial charge on any atom is -0.120 e. The highest BCUT2D eigenvalue weighted by Gasteiger charge is 2.20. The van der Waals surface area contributed by atoms with Gasteiger partial charge in [-0.25, -0.2) is 0 Å². The van der Waals surface area contributed by atoms with Crippen molar-refractivity contribution in [2.75, 3.05) is 0 Å². The lowest BCUT2D eigenvalue weighted by Gasteiger charge is -2.15. The molecule has 1 aliphatic rings. The molecule has 0 nitrogen and oxygen atoms in total. The smallest absolute Gasteiger partial charge is 0.0114 e. The summed E-state index contributed by atoms with van der Waals surface area (Å²) in [5.41, 5.74) is 0. The Bertz CT molecular complexity index is 123. The van der Waals surface area contributed by atoms with E-state index in [1.807, 2.05) is 0 Å². The van der Waals surface area contributed by atoms with E-state index in [1.165, 1.54) is 25.7 Å². The maximum Gasteiger partial charge on any atom is 0.0114 e. The zero-order valence-electron chi connectivity index (χ0n) is 6.77. The van der Waals surface area contributed by atoms with E-state index in [-0.39, 0.29) is 0 Å². The summed E-state index contributed by atoms with van der Waals surface area (Å²) >= 11 is 0. The van der Waals surface area contributed by atoms with Gasteiger partial charge < -0.3 is 0 Å². The molecule has 0 amide bonds. The van der Waals surface area contributed by atoms with E-state index in [4.69, 9.17) is 6.42 Å². The Hall–Kier alpha value is -0.440. The average Bonchev–Trinajstić information content (AvgIpc) is 2.38. The lowest BCUT2D eigenvalue weighted by molar-refractivity contribution is 0.374. The summed E-state index contributed by atoms with van der Waals surface area (Å²) in [6, 6.07) is 0. The third-order valence-corrected chi connectivity index (χ3v) is 2.64. The van der Waals surface area contributed by atoms with Crippen molar-refractivity contribution in [3.05, 3.63) is 0 Å². The van der Waals surface area contributed by atoms with Gasteiger partial charge in [-0.3, -0.25) is 0 Å². The summed E-state index contributed by atoms with van der Waals surface area (Å²) in [6.45, 7) is 2.29. The van der Waals surface area contributed by atoms with Crippen molar-refractivity contribution < 1.29 is 0 Å². The number of hydrogen-bond donors (Lipinski definition) is 0. The molecule has 0 spiro atoms. The Morgan fingerprint density at radius 1 is 1.50 bits per heavy atom. The fourth-order valence-electron chi connectivity index (χ4n) is 1.88. The van der Waals surface area contributed by atoms with Crippen LogP contribution in [0.2, 0.25) is 0 Å². The van der Waals surface area contributed by atoms with Crippen molar-refractivity contribution in [3.8, 4) is 12.3 Å². The number of rotatable bonds is 2. The van der Waals surface area contributed by atoms with Gasteiger partial charge in [0.05, 0.1) is 0 Å². The lowest BCUT2D eigenvalue weighted by atomic mass is 9.90. The van der Waals surface area contributed by atoms with Gasteiger partial charge >= 0.3 is 0 Å². The van der Waals surface area contributed by atoms with Gasteiger partial charge in [0.15, 0.2) is 0 Å². The van der Waals surface area contributed by atoms with Crippen molar-refractivity contribution in [1.29, 1.82) is 0 Å². The zero-order valence-corrected chi connectivity index (χ0v) is 6.77. The third-order valence-electron chi connectivity index (χ3n) is 2.64. The summed E-state index contributed by atoms with van der Waals surface area (Å²) in [5, 5.41) is 0. The van der Waals surface area contributed by atoms with Crippen LogP contribution in [0.15, 0.2) is 0 Å². The monoisotopic (exact) mass is 136 g/mol. The first-order valence-corrected chi connectivity index (χ1v) is 4.28. The van der Waals surface area contributed by atoms with Crippen LogP contribution < -0.4 is 0 Å². The zero-order chi connectivity index (χ0) is 7.40. The highest BCUT2D eigenvalue weighted by atomic mass is 14.2. The van der Waals surface area contributed by atoms with Crippen LogP contribution in [0, 0.1) is 24.2 Å².